The maximum absolute atomic E-state index is 12.5. The van der Waals surface area contributed by atoms with Crippen LogP contribution in [0.5, 0.6) is 0 Å². The highest BCUT2D eigenvalue weighted by molar-refractivity contribution is 5.82. The lowest BCUT2D eigenvalue weighted by molar-refractivity contribution is -0.141. The molecule has 134 valence electrons. The van der Waals surface area contributed by atoms with E-state index in [4.69, 9.17) is 9.84 Å². The van der Waals surface area contributed by atoms with Crippen molar-refractivity contribution in [2.75, 3.05) is 26.2 Å². The highest BCUT2D eigenvalue weighted by Gasteiger charge is 2.38. The molecule has 2 amide bonds. The molecule has 0 spiro atoms. The van der Waals surface area contributed by atoms with E-state index in [0.29, 0.717) is 32.5 Å². The molecule has 1 N–H and O–H groups in total. The van der Waals surface area contributed by atoms with Crippen molar-refractivity contribution in [1.82, 2.24) is 9.80 Å². The monoisotopic (exact) mass is 346 g/mol. The normalized spacial score (nSPS) is 22.9. The summed E-state index contributed by atoms with van der Waals surface area (Å²) in [7, 11) is 0. The number of carbonyl (C=O) groups is 3. The Bertz CT molecular complexity index is 648. The highest BCUT2D eigenvalue weighted by atomic mass is 16.6. The second kappa shape index (κ2) is 7.55. The van der Waals surface area contributed by atoms with Gasteiger partial charge in [-0.25, -0.2) is 4.79 Å². The minimum absolute atomic E-state index is 0.0536. The third-order valence-corrected chi connectivity index (χ3v) is 4.85. The van der Waals surface area contributed by atoms with E-state index in [-0.39, 0.29) is 25.0 Å². The first-order valence-electron chi connectivity index (χ1n) is 8.52. The van der Waals surface area contributed by atoms with Crippen LogP contribution in [0.15, 0.2) is 30.3 Å². The van der Waals surface area contributed by atoms with Crippen LogP contribution in [0, 0.1) is 11.8 Å². The zero-order valence-corrected chi connectivity index (χ0v) is 14.0. The Morgan fingerprint density at radius 1 is 1.00 bits per heavy atom. The van der Waals surface area contributed by atoms with Crippen LogP contribution in [0.3, 0.4) is 0 Å². The predicted octanol–water partition coefficient (Wildman–Crippen LogP) is 1.58. The summed E-state index contributed by atoms with van der Waals surface area (Å²) >= 11 is 0. The topological polar surface area (TPSA) is 87.2 Å². The molecular weight excluding hydrogens is 324 g/mol. The van der Waals surface area contributed by atoms with Crippen molar-refractivity contribution in [1.29, 1.82) is 0 Å². The van der Waals surface area contributed by atoms with Crippen LogP contribution >= 0.6 is 0 Å². The Labute approximate surface area is 146 Å². The van der Waals surface area contributed by atoms with Crippen LogP contribution < -0.4 is 0 Å². The van der Waals surface area contributed by atoms with Crippen LogP contribution in [0.25, 0.3) is 0 Å². The first-order chi connectivity index (χ1) is 12.0. The summed E-state index contributed by atoms with van der Waals surface area (Å²) in [5.74, 6) is -1.65. The quantitative estimate of drug-likeness (QED) is 0.894. The van der Waals surface area contributed by atoms with Gasteiger partial charge < -0.3 is 19.6 Å². The second-order valence-electron chi connectivity index (χ2n) is 6.58. The summed E-state index contributed by atoms with van der Waals surface area (Å²) in [6, 6.07) is 9.43. The van der Waals surface area contributed by atoms with Gasteiger partial charge in [-0.2, -0.15) is 0 Å². The van der Waals surface area contributed by atoms with Crippen molar-refractivity contribution in [2.45, 2.75) is 19.4 Å². The van der Waals surface area contributed by atoms with E-state index in [1.54, 1.807) is 9.80 Å². The highest BCUT2D eigenvalue weighted by Crippen LogP contribution is 2.24. The minimum atomic E-state index is -0.854. The van der Waals surface area contributed by atoms with Crippen molar-refractivity contribution in [3.05, 3.63) is 35.9 Å². The number of carboxylic acids is 1. The van der Waals surface area contributed by atoms with Gasteiger partial charge in [-0.05, 0) is 18.4 Å². The van der Waals surface area contributed by atoms with E-state index < -0.39 is 18.0 Å². The maximum Gasteiger partial charge on any atom is 0.410 e. The molecule has 2 heterocycles. The number of amides is 2. The number of rotatable bonds is 4. The molecule has 1 aromatic carbocycles. The van der Waals surface area contributed by atoms with E-state index in [1.807, 2.05) is 30.3 Å². The van der Waals surface area contributed by atoms with E-state index in [9.17, 15) is 14.4 Å². The number of nitrogens with zero attached hydrogens (tertiary/aromatic N) is 2. The molecule has 0 bridgehead atoms. The molecule has 2 aliphatic rings. The number of likely N-dealkylation sites (tertiary alicyclic amines) is 2. The summed E-state index contributed by atoms with van der Waals surface area (Å²) in [5.41, 5.74) is 0.916. The average Bonchev–Trinajstić information content (AvgIpc) is 3.29. The van der Waals surface area contributed by atoms with E-state index in [1.165, 1.54) is 0 Å². The maximum atomic E-state index is 12.5. The van der Waals surface area contributed by atoms with Gasteiger partial charge >= 0.3 is 12.1 Å². The SMILES string of the molecule is O=C(O)C1CCN(C(=O)C2CCN(C(=O)OCc3ccccc3)C2)C1. The molecule has 2 fully saturated rings. The van der Waals surface area contributed by atoms with Crippen molar-refractivity contribution >= 4 is 18.0 Å². The molecule has 7 heteroatoms. The molecule has 7 nitrogen and oxygen atoms in total. The summed E-state index contributed by atoms with van der Waals surface area (Å²) in [4.78, 5) is 38.8. The molecule has 1 aromatic rings. The zero-order chi connectivity index (χ0) is 17.8. The predicted molar refractivity (Wildman–Crippen MR) is 88.6 cm³/mol. The van der Waals surface area contributed by atoms with Gasteiger partial charge in [0, 0.05) is 26.2 Å². The molecule has 25 heavy (non-hydrogen) atoms. The van der Waals surface area contributed by atoms with Gasteiger partial charge in [0.05, 0.1) is 11.8 Å². The number of hydrogen-bond acceptors (Lipinski definition) is 4. The third kappa shape index (κ3) is 4.10. The van der Waals surface area contributed by atoms with Crippen LogP contribution in [0.1, 0.15) is 18.4 Å². The Kier molecular flexibility index (Phi) is 5.21. The zero-order valence-electron chi connectivity index (χ0n) is 14.0. The lowest BCUT2D eigenvalue weighted by Gasteiger charge is -2.21. The van der Waals surface area contributed by atoms with Gasteiger partial charge in [-0.1, -0.05) is 30.3 Å². The van der Waals surface area contributed by atoms with Crippen molar-refractivity contribution < 1.29 is 24.2 Å². The number of carbonyl (C=O) groups excluding carboxylic acids is 2. The van der Waals surface area contributed by atoms with Crippen molar-refractivity contribution in [3.63, 3.8) is 0 Å². The summed E-state index contributed by atoms with van der Waals surface area (Å²) in [5, 5.41) is 9.04. The first-order valence-corrected chi connectivity index (χ1v) is 8.52. The summed E-state index contributed by atoms with van der Waals surface area (Å²) < 4.78 is 5.30. The molecule has 0 aliphatic carbocycles. The number of aliphatic carboxylic acids is 1. The standard InChI is InChI=1S/C18H22N2O5/c21-16(19-8-7-15(11-19)17(22)23)14-6-9-20(10-14)18(24)25-12-13-4-2-1-3-5-13/h1-5,14-15H,6-12H2,(H,22,23). The van der Waals surface area contributed by atoms with Gasteiger partial charge in [-0.3, -0.25) is 9.59 Å². The fourth-order valence-corrected chi connectivity index (χ4v) is 3.36. The Morgan fingerprint density at radius 2 is 1.64 bits per heavy atom. The average molecular weight is 346 g/mol. The molecule has 3 rings (SSSR count). The Balaban J connectivity index is 1.47. The van der Waals surface area contributed by atoms with Crippen LogP contribution in [-0.2, 0) is 20.9 Å². The van der Waals surface area contributed by atoms with Gasteiger partial charge in [0.25, 0.3) is 0 Å². The van der Waals surface area contributed by atoms with Crippen molar-refractivity contribution in [2.24, 2.45) is 11.8 Å². The fraction of sp³-hybridized carbons (Fsp3) is 0.500. The summed E-state index contributed by atoms with van der Waals surface area (Å²) in [6.07, 6.45) is 0.674. The van der Waals surface area contributed by atoms with Crippen LogP contribution in [0.4, 0.5) is 4.79 Å². The van der Waals surface area contributed by atoms with Gasteiger partial charge in [0.1, 0.15) is 6.61 Å². The second-order valence-corrected chi connectivity index (χ2v) is 6.58. The Morgan fingerprint density at radius 3 is 2.32 bits per heavy atom. The molecule has 2 saturated heterocycles. The molecule has 2 unspecified atom stereocenters. The minimum Gasteiger partial charge on any atom is -0.481 e. The molecule has 0 aromatic heterocycles. The van der Waals surface area contributed by atoms with Crippen molar-refractivity contribution in [3.8, 4) is 0 Å². The first kappa shape index (κ1) is 17.3. The number of carboxylic acid groups (broad SMARTS) is 1. The number of benzene rings is 1. The third-order valence-electron chi connectivity index (χ3n) is 4.85. The molecule has 0 radical (unpaired) electrons. The molecule has 2 aliphatic heterocycles. The van der Waals surface area contributed by atoms with E-state index in [0.717, 1.165) is 5.56 Å². The number of hydrogen-bond donors (Lipinski definition) is 1. The summed E-state index contributed by atoms with van der Waals surface area (Å²) in [6.45, 7) is 1.77. The molecular formula is C18H22N2O5. The fourth-order valence-electron chi connectivity index (χ4n) is 3.36. The van der Waals surface area contributed by atoms with Crippen LogP contribution in [-0.4, -0.2) is 59.1 Å². The lowest BCUT2D eigenvalue weighted by Crippen LogP contribution is -2.37. The number of ether oxygens (including phenoxy) is 1. The van der Waals surface area contributed by atoms with E-state index >= 15 is 0 Å². The lowest BCUT2D eigenvalue weighted by atomic mass is 10.1. The molecule has 0 saturated carbocycles. The van der Waals surface area contributed by atoms with Gasteiger partial charge in [0.2, 0.25) is 5.91 Å². The van der Waals surface area contributed by atoms with E-state index in [2.05, 4.69) is 0 Å². The largest absolute Gasteiger partial charge is 0.481 e. The Hall–Kier alpha value is -2.57. The van der Waals surface area contributed by atoms with Gasteiger partial charge in [0.15, 0.2) is 0 Å². The smallest absolute Gasteiger partial charge is 0.410 e. The van der Waals surface area contributed by atoms with Gasteiger partial charge in [-0.15, -0.1) is 0 Å². The molecule has 2 atom stereocenters. The van der Waals surface area contributed by atoms with Crippen LogP contribution in [0.2, 0.25) is 0 Å².